The van der Waals surface area contributed by atoms with E-state index in [2.05, 4.69) is 15.3 Å². The summed E-state index contributed by atoms with van der Waals surface area (Å²) in [4.78, 5) is 18.7. The second-order valence-corrected chi connectivity index (χ2v) is 5.23. The van der Waals surface area contributed by atoms with Crippen molar-refractivity contribution >= 4 is 35.0 Å². The number of H-pyrrole nitrogens is 1. The molecule has 0 radical (unpaired) electrons. The predicted molar refractivity (Wildman–Crippen MR) is 80.2 cm³/mol. The first-order chi connectivity index (χ1) is 9.52. The number of rotatable bonds is 4. The van der Waals surface area contributed by atoms with Crippen LogP contribution in [0.4, 0.5) is 17.3 Å². The quantitative estimate of drug-likeness (QED) is 0.577. The number of hydrogen-bond donors (Lipinski definition) is 3. The summed E-state index contributed by atoms with van der Waals surface area (Å²) < 4.78 is 0. The van der Waals surface area contributed by atoms with Crippen LogP contribution in [0.2, 0.25) is 0 Å². The Morgan fingerprint density at radius 2 is 2.05 bits per heavy atom. The minimum atomic E-state index is -0.116. The molecule has 0 atom stereocenters. The zero-order valence-corrected chi connectivity index (χ0v) is 11.8. The van der Waals surface area contributed by atoms with Crippen LogP contribution in [0.15, 0.2) is 35.5 Å². The summed E-state index contributed by atoms with van der Waals surface area (Å²) in [7, 11) is 0. The van der Waals surface area contributed by atoms with Gasteiger partial charge in [0.25, 0.3) is 5.16 Å². The molecule has 0 spiro atoms. The van der Waals surface area contributed by atoms with Gasteiger partial charge < -0.3 is 16.8 Å². The Labute approximate surface area is 121 Å². The second kappa shape index (κ2) is 6.25. The highest BCUT2D eigenvalue weighted by molar-refractivity contribution is 7.99. The third kappa shape index (κ3) is 4.13. The molecule has 0 aliphatic carbocycles. The van der Waals surface area contributed by atoms with Gasteiger partial charge in [-0.15, -0.1) is 0 Å². The van der Waals surface area contributed by atoms with E-state index in [-0.39, 0.29) is 11.7 Å². The number of thioether (sulfide) groups is 1. The number of aromatic amines is 1. The van der Waals surface area contributed by atoms with Crippen LogP contribution in [0.1, 0.15) is 5.56 Å². The number of nitrogens with zero attached hydrogens (tertiary/aromatic N) is 1. The Morgan fingerprint density at radius 3 is 2.70 bits per heavy atom. The van der Waals surface area contributed by atoms with Crippen molar-refractivity contribution in [3.05, 3.63) is 35.9 Å². The van der Waals surface area contributed by atoms with E-state index in [4.69, 9.17) is 11.5 Å². The van der Waals surface area contributed by atoms with Gasteiger partial charge in [0.2, 0.25) is 17.5 Å². The van der Waals surface area contributed by atoms with Gasteiger partial charge in [0.15, 0.2) is 0 Å². The number of aromatic nitrogens is 2. The fourth-order valence-corrected chi connectivity index (χ4v) is 2.23. The van der Waals surface area contributed by atoms with Crippen molar-refractivity contribution in [3.63, 3.8) is 0 Å². The summed E-state index contributed by atoms with van der Waals surface area (Å²) in [5.41, 5.74) is 13.1. The topological polar surface area (TPSA) is 108 Å². The van der Waals surface area contributed by atoms with Gasteiger partial charge in [-0.05, 0) is 30.8 Å². The number of nitrogens with one attached hydrogen (secondary N) is 2. The van der Waals surface area contributed by atoms with Gasteiger partial charge in [0, 0.05) is 5.69 Å². The molecule has 20 heavy (non-hydrogen) atoms. The molecule has 6 nitrogen and oxygen atoms in total. The highest BCUT2D eigenvalue weighted by atomic mass is 32.2. The van der Waals surface area contributed by atoms with Crippen molar-refractivity contribution in [2.24, 2.45) is 0 Å². The first-order valence-corrected chi connectivity index (χ1v) is 6.96. The lowest BCUT2D eigenvalue weighted by molar-refractivity contribution is -0.416. The molecule has 2 aromatic rings. The van der Waals surface area contributed by atoms with Crippen molar-refractivity contribution in [2.45, 2.75) is 12.1 Å². The molecular weight excluding hydrogens is 274 g/mol. The average Bonchev–Trinajstić information content (AvgIpc) is 2.38. The molecule has 0 unspecified atom stereocenters. The molecule has 0 bridgehead atoms. The van der Waals surface area contributed by atoms with E-state index in [1.807, 2.05) is 31.2 Å². The van der Waals surface area contributed by atoms with Gasteiger partial charge in [-0.25, -0.2) is 4.98 Å². The lowest BCUT2D eigenvalue weighted by atomic mass is 10.2. The van der Waals surface area contributed by atoms with Crippen LogP contribution in [-0.4, -0.2) is 16.6 Å². The molecule has 7 heteroatoms. The maximum atomic E-state index is 11.8. The first-order valence-electron chi connectivity index (χ1n) is 5.97. The van der Waals surface area contributed by atoms with Crippen LogP contribution < -0.4 is 21.8 Å². The number of aryl methyl sites for hydroxylation is 1. The lowest BCUT2D eigenvalue weighted by Crippen LogP contribution is -2.19. The van der Waals surface area contributed by atoms with Crippen molar-refractivity contribution < 1.29 is 9.78 Å². The van der Waals surface area contributed by atoms with Gasteiger partial charge in [0.05, 0.1) is 11.8 Å². The van der Waals surface area contributed by atoms with E-state index in [0.29, 0.717) is 16.8 Å². The summed E-state index contributed by atoms with van der Waals surface area (Å²) in [6.07, 6.45) is 0. The zero-order valence-electron chi connectivity index (χ0n) is 11.0. The molecule has 6 N–H and O–H groups in total. The zero-order chi connectivity index (χ0) is 14.5. The number of hydrogen-bond acceptors (Lipinski definition) is 5. The Balaban J connectivity index is 1.90. The Hall–Kier alpha value is -2.28. The molecular formula is C13H16N5OS+. The lowest BCUT2D eigenvalue weighted by Gasteiger charge is -2.04. The largest absolute Gasteiger partial charge is 0.370 e. The minimum Gasteiger partial charge on any atom is -0.370 e. The van der Waals surface area contributed by atoms with Crippen molar-refractivity contribution in [1.29, 1.82) is 0 Å². The molecule has 1 aromatic carbocycles. The van der Waals surface area contributed by atoms with Crippen LogP contribution in [-0.2, 0) is 4.79 Å². The summed E-state index contributed by atoms with van der Waals surface area (Å²) in [6, 6.07) is 9.13. The Morgan fingerprint density at radius 1 is 1.35 bits per heavy atom. The number of amides is 1. The molecule has 0 aliphatic heterocycles. The van der Waals surface area contributed by atoms with Crippen molar-refractivity contribution in [2.75, 3.05) is 22.5 Å². The number of nitrogen functional groups attached to an aromatic ring is 2. The van der Waals surface area contributed by atoms with Crippen LogP contribution in [0.5, 0.6) is 0 Å². The number of nitrogens with two attached hydrogens (primary N) is 2. The van der Waals surface area contributed by atoms with Crippen molar-refractivity contribution in [1.82, 2.24) is 4.98 Å². The number of carbonyl (C=O) groups is 1. The number of anilines is 3. The molecule has 1 aromatic heterocycles. The summed E-state index contributed by atoms with van der Waals surface area (Å²) in [6.45, 7) is 1.99. The standard InChI is InChI=1S/C13H15N5OS/c1-8-2-4-9(5-3-8)16-12(19)7-20-13-17-10(14)6-11(15)18-13/h2-6H,7H2,1H3,(H,16,19)(H4,14,15,17,18)/p+1. The third-order valence-electron chi connectivity index (χ3n) is 2.46. The van der Waals surface area contributed by atoms with Crippen LogP contribution in [0, 0.1) is 6.92 Å². The van der Waals surface area contributed by atoms with Crippen molar-refractivity contribution in [3.8, 4) is 0 Å². The van der Waals surface area contributed by atoms with Gasteiger partial charge in [-0.1, -0.05) is 22.7 Å². The Bertz CT molecular complexity index is 594. The maximum Gasteiger partial charge on any atom is 0.299 e. The summed E-state index contributed by atoms with van der Waals surface area (Å²) in [5, 5.41) is 3.32. The van der Waals surface area contributed by atoms with E-state index >= 15 is 0 Å². The van der Waals surface area contributed by atoms with Gasteiger partial charge >= 0.3 is 0 Å². The Kier molecular flexibility index (Phi) is 4.41. The SMILES string of the molecule is Cc1ccc(NC(=O)CSc2nc(N)cc(N)[nH+]2)cc1. The molecule has 1 amide bonds. The fourth-order valence-electron chi connectivity index (χ4n) is 1.53. The van der Waals surface area contributed by atoms with E-state index < -0.39 is 0 Å². The van der Waals surface area contributed by atoms with Crippen LogP contribution in [0.25, 0.3) is 0 Å². The number of carbonyl (C=O) groups excluding carboxylic acids is 1. The third-order valence-corrected chi connectivity index (χ3v) is 3.33. The maximum absolute atomic E-state index is 11.8. The summed E-state index contributed by atoms with van der Waals surface area (Å²) in [5.74, 6) is 0.844. The molecule has 0 saturated carbocycles. The van der Waals surface area contributed by atoms with E-state index in [0.717, 1.165) is 11.3 Å². The van der Waals surface area contributed by atoms with E-state index in [1.165, 1.54) is 17.8 Å². The molecule has 2 rings (SSSR count). The highest BCUT2D eigenvalue weighted by Crippen LogP contribution is 2.14. The van der Waals surface area contributed by atoms with Gasteiger partial charge in [-0.3, -0.25) is 4.79 Å². The summed E-state index contributed by atoms with van der Waals surface area (Å²) >= 11 is 1.24. The predicted octanol–water partition coefficient (Wildman–Crippen LogP) is 1.10. The molecule has 104 valence electrons. The molecule has 1 heterocycles. The smallest absolute Gasteiger partial charge is 0.299 e. The first kappa shape index (κ1) is 14.1. The minimum absolute atomic E-state index is 0.116. The molecule has 0 fully saturated rings. The second-order valence-electron chi connectivity index (χ2n) is 4.27. The average molecular weight is 290 g/mol. The normalized spacial score (nSPS) is 10.2. The number of benzene rings is 1. The molecule has 0 saturated heterocycles. The fraction of sp³-hybridized carbons (Fsp3) is 0.154. The van der Waals surface area contributed by atoms with E-state index in [9.17, 15) is 4.79 Å². The highest BCUT2D eigenvalue weighted by Gasteiger charge is 2.10. The molecule has 0 aliphatic rings. The monoisotopic (exact) mass is 290 g/mol. The van der Waals surface area contributed by atoms with Crippen LogP contribution >= 0.6 is 11.8 Å². The van der Waals surface area contributed by atoms with Gasteiger partial charge in [-0.2, -0.15) is 0 Å². The van der Waals surface area contributed by atoms with Gasteiger partial charge in [0.1, 0.15) is 0 Å². The van der Waals surface area contributed by atoms with Crippen LogP contribution in [0.3, 0.4) is 0 Å². The van der Waals surface area contributed by atoms with E-state index in [1.54, 1.807) is 0 Å².